The molecule has 0 aliphatic rings. The van der Waals surface area contributed by atoms with Crippen molar-refractivity contribution < 1.29 is 0 Å². The lowest BCUT2D eigenvalue weighted by molar-refractivity contribution is 0.604. The van der Waals surface area contributed by atoms with Crippen LogP contribution in [0, 0.1) is 0 Å². The maximum absolute atomic E-state index is 4.59. The van der Waals surface area contributed by atoms with Gasteiger partial charge in [-0.3, -0.25) is 4.98 Å². The summed E-state index contributed by atoms with van der Waals surface area (Å²) in [6, 6.07) is 7.84. The Balaban J connectivity index is 1.59. The van der Waals surface area contributed by atoms with E-state index in [4.69, 9.17) is 0 Å². The minimum atomic E-state index is 0.713. The monoisotopic (exact) mass is 309 g/mol. The van der Waals surface area contributed by atoms with Crippen molar-refractivity contribution in [1.29, 1.82) is 0 Å². The topological polar surface area (TPSA) is 56.5 Å². The van der Waals surface area contributed by atoms with Crippen LogP contribution in [0.5, 0.6) is 0 Å². The van der Waals surface area contributed by atoms with Crippen molar-refractivity contribution in [3.05, 3.63) is 42.4 Å². The van der Waals surface area contributed by atoms with Crippen LogP contribution in [0.2, 0.25) is 0 Å². The highest BCUT2D eigenvalue weighted by atomic mass is 15.4. The van der Waals surface area contributed by atoms with Crippen LogP contribution in [-0.2, 0) is 6.42 Å². The molecule has 0 aliphatic carbocycles. The zero-order chi connectivity index (χ0) is 15.9. The SMILES string of the molecule is CCCCCCCCc1cn(-c2cnc3ccccc3n2)nn1. The van der Waals surface area contributed by atoms with Crippen molar-refractivity contribution in [3.8, 4) is 5.82 Å². The number of hydrogen-bond donors (Lipinski definition) is 0. The Morgan fingerprint density at radius 2 is 1.74 bits per heavy atom. The maximum atomic E-state index is 4.59. The summed E-state index contributed by atoms with van der Waals surface area (Å²) < 4.78 is 1.71. The van der Waals surface area contributed by atoms with Crippen molar-refractivity contribution in [2.45, 2.75) is 51.9 Å². The molecule has 0 aliphatic heterocycles. The number of aryl methyl sites for hydroxylation is 1. The normalized spacial score (nSPS) is 11.2. The van der Waals surface area contributed by atoms with Gasteiger partial charge in [-0.2, -0.15) is 0 Å². The first kappa shape index (κ1) is 15.6. The van der Waals surface area contributed by atoms with Gasteiger partial charge in [0.15, 0.2) is 5.82 Å². The Labute approximate surface area is 136 Å². The second kappa shape index (κ2) is 7.81. The van der Waals surface area contributed by atoms with E-state index in [0.29, 0.717) is 5.82 Å². The van der Waals surface area contributed by atoms with Crippen LogP contribution in [0.15, 0.2) is 36.7 Å². The lowest BCUT2D eigenvalue weighted by Crippen LogP contribution is -1.99. The molecule has 2 heterocycles. The van der Waals surface area contributed by atoms with Crippen molar-refractivity contribution in [1.82, 2.24) is 25.0 Å². The second-order valence-electron chi connectivity index (χ2n) is 5.89. The van der Waals surface area contributed by atoms with Gasteiger partial charge in [-0.25, -0.2) is 9.67 Å². The molecule has 0 spiro atoms. The molecule has 2 aromatic heterocycles. The summed E-state index contributed by atoms with van der Waals surface area (Å²) in [5.41, 5.74) is 2.79. The molecule has 0 amide bonds. The first-order chi connectivity index (χ1) is 11.4. The molecule has 0 bridgehead atoms. The molecule has 120 valence electrons. The fourth-order valence-electron chi connectivity index (χ4n) is 2.67. The van der Waals surface area contributed by atoms with Gasteiger partial charge in [0.2, 0.25) is 0 Å². The molecule has 0 atom stereocenters. The smallest absolute Gasteiger partial charge is 0.174 e. The highest BCUT2D eigenvalue weighted by Crippen LogP contribution is 2.12. The first-order valence-corrected chi connectivity index (χ1v) is 8.50. The Morgan fingerprint density at radius 1 is 0.957 bits per heavy atom. The average molecular weight is 309 g/mol. The average Bonchev–Trinajstić information content (AvgIpc) is 3.06. The third kappa shape index (κ3) is 4.12. The molecule has 0 N–H and O–H groups in total. The summed E-state index contributed by atoms with van der Waals surface area (Å²) in [4.78, 5) is 9.01. The molecule has 0 fully saturated rings. The van der Waals surface area contributed by atoms with Gasteiger partial charge in [-0.1, -0.05) is 56.4 Å². The molecule has 0 unspecified atom stereocenters. The molecule has 0 saturated heterocycles. The van der Waals surface area contributed by atoms with E-state index in [1.54, 1.807) is 10.9 Å². The van der Waals surface area contributed by atoms with E-state index in [-0.39, 0.29) is 0 Å². The fraction of sp³-hybridized carbons (Fsp3) is 0.444. The molecule has 23 heavy (non-hydrogen) atoms. The van der Waals surface area contributed by atoms with Gasteiger partial charge >= 0.3 is 0 Å². The number of para-hydroxylation sites is 2. The number of fused-ring (bicyclic) bond motifs is 1. The fourth-order valence-corrected chi connectivity index (χ4v) is 2.67. The van der Waals surface area contributed by atoms with Crippen molar-refractivity contribution in [2.75, 3.05) is 0 Å². The molecule has 3 rings (SSSR count). The van der Waals surface area contributed by atoms with Crippen molar-refractivity contribution >= 4 is 11.0 Å². The number of unbranched alkanes of at least 4 members (excludes halogenated alkanes) is 5. The van der Waals surface area contributed by atoms with E-state index in [0.717, 1.165) is 23.1 Å². The molecule has 1 aromatic carbocycles. The molecule has 0 radical (unpaired) electrons. The summed E-state index contributed by atoms with van der Waals surface area (Å²) in [5.74, 6) is 0.713. The van der Waals surface area contributed by atoms with E-state index in [2.05, 4.69) is 27.2 Å². The first-order valence-electron chi connectivity index (χ1n) is 8.50. The van der Waals surface area contributed by atoms with Crippen LogP contribution < -0.4 is 0 Å². The van der Waals surface area contributed by atoms with E-state index in [1.165, 1.54) is 38.5 Å². The Kier molecular flexibility index (Phi) is 5.29. The largest absolute Gasteiger partial charge is 0.251 e. The summed E-state index contributed by atoms with van der Waals surface area (Å²) in [7, 11) is 0. The Hall–Kier alpha value is -2.30. The summed E-state index contributed by atoms with van der Waals surface area (Å²) >= 11 is 0. The lowest BCUT2D eigenvalue weighted by Gasteiger charge is -2.00. The molecular weight excluding hydrogens is 286 g/mol. The van der Waals surface area contributed by atoms with Gasteiger partial charge in [0.05, 0.1) is 29.1 Å². The molecule has 5 nitrogen and oxygen atoms in total. The van der Waals surface area contributed by atoms with Crippen LogP contribution in [0.25, 0.3) is 16.9 Å². The van der Waals surface area contributed by atoms with Crippen LogP contribution in [0.1, 0.15) is 51.1 Å². The zero-order valence-corrected chi connectivity index (χ0v) is 13.6. The van der Waals surface area contributed by atoms with Crippen LogP contribution in [0.4, 0.5) is 0 Å². The summed E-state index contributed by atoms with van der Waals surface area (Å²) in [5, 5.41) is 8.44. The van der Waals surface area contributed by atoms with Gasteiger partial charge in [0.1, 0.15) is 0 Å². The van der Waals surface area contributed by atoms with Gasteiger partial charge in [0, 0.05) is 0 Å². The molecular formula is C18H23N5. The summed E-state index contributed by atoms with van der Waals surface area (Å²) in [6.45, 7) is 2.24. The minimum Gasteiger partial charge on any atom is -0.251 e. The highest BCUT2D eigenvalue weighted by molar-refractivity contribution is 5.74. The van der Waals surface area contributed by atoms with Gasteiger partial charge in [-0.05, 0) is 25.0 Å². The lowest BCUT2D eigenvalue weighted by atomic mass is 10.1. The number of hydrogen-bond acceptors (Lipinski definition) is 4. The highest BCUT2D eigenvalue weighted by Gasteiger charge is 2.05. The number of benzene rings is 1. The number of nitrogens with zero attached hydrogens (tertiary/aromatic N) is 5. The van der Waals surface area contributed by atoms with E-state index >= 15 is 0 Å². The predicted octanol–water partition coefficient (Wildman–Crippen LogP) is 4.11. The third-order valence-electron chi connectivity index (χ3n) is 4.00. The van der Waals surface area contributed by atoms with Crippen LogP contribution in [0.3, 0.4) is 0 Å². The molecule has 0 saturated carbocycles. The minimum absolute atomic E-state index is 0.713. The standard InChI is InChI=1S/C18H23N5/c1-2-3-4-5-6-7-10-15-14-23(22-21-15)18-13-19-16-11-8-9-12-17(16)20-18/h8-9,11-14H,2-7,10H2,1H3. The van der Waals surface area contributed by atoms with Gasteiger partial charge in [0.25, 0.3) is 0 Å². The second-order valence-corrected chi connectivity index (χ2v) is 5.89. The van der Waals surface area contributed by atoms with Crippen LogP contribution >= 0.6 is 0 Å². The summed E-state index contributed by atoms with van der Waals surface area (Å²) in [6.07, 6.45) is 12.4. The van der Waals surface area contributed by atoms with E-state index < -0.39 is 0 Å². The van der Waals surface area contributed by atoms with Crippen LogP contribution in [-0.4, -0.2) is 25.0 Å². The third-order valence-corrected chi connectivity index (χ3v) is 4.00. The van der Waals surface area contributed by atoms with E-state index in [1.807, 2.05) is 30.5 Å². The van der Waals surface area contributed by atoms with Gasteiger partial charge in [-0.15, -0.1) is 5.10 Å². The molecule has 5 heteroatoms. The maximum Gasteiger partial charge on any atom is 0.174 e. The predicted molar refractivity (Wildman–Crippen MR) is 91.5 cm³/mol. The van der Waals surface area contributed by atoms with Gasteiger partial charge < -0.3 is 0 Å². The van der Waals surface area contributed by atoms with Crippen molar-refractivity contribution in [2.24, 2.45) is 0 Å². The van der Waals surface area contributed by atoms with Crippen molar-refractivity contribution in [3.63, 3.8) is 0 Å². The molecule has 3 aromatic rings. The quantitative estimate of drug-likeness (QED) is 0.587. The zero-order valence-electron chi connectivity index (χ0n) is 13.6. The number of rotatable bonds is 8. The Morgan fingerprint density at radius 3 is 2.61 bits per heavy atom. The Bertz CT molecular complexity index is 750. The number of aromatic nitrogens is 5. The van der Waals surface area contributed by atoms with E-state index in [9.17, 15) is 0 Å².